The second kappa shape index (κ2) is 9.76. The van der Waals surface area contributed by atoms with E-state index < -0.39 is 11.8 Å². The summed E-state index contributed by atoms with van der Waals surface area (Å²) in [6.07, 6.45) is 8.05. The lowest BCUT2D eigenvalue weighted by molar-refractivity contribution is -0.231. The molecule has 7 nitrogen and oxygen atoms in total. The van der Waals surface area contributed by atoms with Gasteiger partial charge in [-0.1, -0.05) is 18.6 Å². The van der Waals surface area contributed by atoms with Crippen LogP contribution in [0.1, 0.15) is 48.8 Å². The van der Waals surface area contributed by atoms with Gasteiger partial charge in [0.1, 0.15) is 23.7 Å². The van der Waals surface area contributed by atoms with E-state index in [1.165, 1.54) is 19.3 Å². The third-order valence-electron chi connectivity index (χ3n) is 6.83. The lowest BCUT2D eigenvalue weighted by Crippen LogP contribution is -2.29. The number of aliphatic hydroxyl groups is 1. The molecule has 1 N–H and O–H groups in total. The number of ether oxygens (including phenoxy) is 3. The molecule has 0 amide bonds. The minimum Gasteiger partial charge on any atom is -0.497 e. The molecule has 1 atom stereocenters. The van der Waals surface area contributed by atoms with Crippen molar-refractivity contribution in [3.63, 3.8) is 0 Å². The quantitative estimate of drug-likeness (QED) is 0.452. The summed E-state index contributed by atoms with van der Waals surface area (Å²) in [4.78, 5) is 23.2. The summed E-state index contributed by atoms with van der Waals surface area (Å²) in [5.74, 6) is -0.857. The number of hydrogen-bond acceptors (Lipinski definition) is 7. The van der Waals surface area contributed by atoms with Gasteiger partial charge in [-0.3, -0.25) is 0 Å². The Hall–Kier alpha value is -3.29. The van der Waals surface area contributed by atoms with Crippen LogP contribution in [-0.4, -0.2) is 30.9 Å². The third kappa shape index (κ3) is 4.66. The number of esters is 1. The number of methoxy groups -OCH3 is 1. The van der Waals surface area contributed by atoms with E-state index in [-0.39, 0.29) is 30.5 Å². The largest absolute Gasteiger partial charge is 0.497 e. The van der Waals surface area contributed by atoms with Crippen molar-refractivity contribution in [3.8, 4) is 11.5 Å². The molecule has 1 aliphatic carbocycles. The molecule has 2 aliphatic heterocycles. The normalized spacial score (nSPS) is 22.6. The minimum absolute atomic E-state index is 0.181. The number of hydrogen-bond donors (Lipinski definition) is 1. The van der Waals surface area contributed by atoms with Crippen LogP contribution in [0, 0.1) is 6.92 Å². The first-order valence-electron chi connectivity index (χ1n) is 12.1. The van der Waals surface area contributed by atoms with E-state index in [4.69, 9.17) is 24.0 Å². The van der Waals surface area contributed by atoms with Crippen LogP contribution in [0.2, 0.25) is 0 Å². The van der Waals surface area contributed by atoms with Crippen LogP contribution in [-0.2, 0) is 31.5 Å². The predicted octanol–water partition coefficient (Wildman–Crippen LogP) is 4.80. The molecule has 35 heavy (non-hydrogen) atoms. The van der Waals surface area contributed by atoms with Crippen LogP contribution in [0.5, 0.6) is 11.5 Å². The SMILES string of the molecule is COc1ccc(C2(O)OC(=O)C(C3=CCOO3)=C2Cc2ccc(OC3CCCCC3)c(C)c2)cc1. The molecule has 0 aromatic heterocycles. The number of carbonyl (C=O) groups excluding carboxylic acids is 1. The minimum atomic E-state index is -1.95. The second-order valence-electron chi connectivity index (χ2n) is 9.21. The van der Waals surface area contributed by atoms with Crippen molar-refractivity contribution in [1.29, 1.82) is 0 Å². The molecule has 2 heterocycles. The number of rotatable bonds is 7. The zero-order valence-corrected chi connectivity index (χ0v) is 20.0. The predicted molar refractivity (Wildman–Crippen MR) is 128 cm³/mol. The molecule has 7 heteroatoms. The van der Waals surface area contributed by atoms with Gasteiger partial charge in [-0.2, -0.15) is 4.89 Å². The zero-order valence-electron chi connectivity index (χ0n) is 20.0. The van der Waals surface area contributed by atoms with Gasteiger partial charge < -0.3 is 24.2 Å². The molecule has 2 aromatic carbocycles. The molecule has 3 aliphatic rings. The van der Waals surface area contributed by atoms with Crippen LogP contribution in [0.3, 0.4) is 0 Å². The maximum atomic E-state index is 13.0. The first-order valence-corrected chi connectivity index (χ1v) is 12.1. The van der Waals surface area contributed by atoms with Gasteiger partial charge in [-0.15, -0.1) is 0 Å². The monoisotopic (exact) mass is 478 g/mol. The lowest BCUT2D eigenvalue weighted by atomic mass is 9.89. The highest BCUT2D eigenvalue weighted by Crippen LogP contribution is 2.44. The third-order valence-corrected chi connectivity index (χ3v) is 6.83. The van der Waals surface area contributed by atoms with Crippen molar-refractivity contribution in [2.24, 2.45) is 0 Å². The van der Waals surface area contributed by atoms with Crippen molar-refractivity contribution < 1.29 is 33.9 Å². The molecule has 1 unspecified atom stereocenters. The van der Waals surface area contributed by atoms with Crippen molar-refractivity contribution in [2.45, 2.75) is 57.3 Å². The first kappa shape index (κ1) is 23.5. The van der Waals surface area contributed by atoms with Crippen LogP contribution in [0.25, 0.3) is 0 Å². The highest BCUT2D eigenvalue weighted by atomic mass is 17.2. The molecular weight excluding hydrogens is 448 g/mol. The smallest absolute Gasteiger partial charge is 0.345 e. The molecular formula is C28H30O7. The van der Waals surface area contributed by atoms with Gasteiger partial charge in [0.2, 0.25) is 0 Å². The Morgan fingerprint density at radius 3 is 2.51 bits per heavy atom. The van der Waals surface area contributed by atoms with Gasteiger partial charge in [0, 0.05) is 17.6 Å². The Labute approximate surface area is 204 Å². The van der Waals surface area contributed by atoms with Crippen molar-refractivity contribution in [1.82, 2.24) is 0 Å². The molecule has 5 rings (SSSR count). The topological polar surface area (TPSA) is 83.5 Å². The number of cyclic esters (lactones) is 1. The Kier molecular flexibility index (Phi) is 6.54. The van der Waals surface area contributed by atoms with E-state index in [2.05, 4.69) is 0 Å². The number of benzene rings is 2. The van der Waals surface area contributed by atoms with Gasteiger partial charge in [0.15, 0.2) is 5.76 Å². The summed E-state index contributed by atoms with van der Waals surface area (Å²) < 4.78 is 17.1. The molecule has 1 saturated carbocycles. The fourth-order valence-electron chi connectivity index (χ4n) is 4.95. The summed E-state index contributed by atoms with van der Waals surface area (Å²) >= 11 is 0. The van der Waals surface area contributed by atoms with Crippen LogP contribution in [0.15, 0.2) is 65.4 Å². The number of aryl methyl sites for hydroxylation is 1. The average Bonchev–Trinajstić information content (AvgIpc) is 3.48. The van der Waals surface area contributed by atoms with E-state index in [0.717, 1.165) is 29.7 Å². The standard InChI is InChI=1S/C28H30O7/c1-18-16-19(8-13-24(18)33-22-6-4-3-5-7-22)17-23-26(25-14-15-32-35-25)27(29)34-28(23,30)20-9-11-21(31-2)12-10-20/h8-14,16,22,30H,3-7,15,17H2,1-2H3. The summed E-state index contributed by atoms with van der Waals surface area (Å²) in [7, 11) is 1.57. The molecule has 0 saturated heterocycles. The van der Waals surface area contributed by atoms with Gasteiger partial charge in [-0.05, 0) is 80.1 Å². The van der Waals surface area contributed by atoms with Gasteiger partial charge in [0.05, 0.1) is 13.2 Å². The summed E-state index contributed by atoms with van der Waals surface area (Å²) in [6, 6.07) is 12.8. The Balaban J connectivity index is 1.48. The van der Waals surface area contributed by atoms with E-state index in [1.807, 2.05) is 25.1 Å². The van der Waals surface area contributed by atoms with Crippen molar-refractivity contribution in [3.05, 3.63) is 82.1 Å². The van der Waals surface area contributed by atoms with E-state index in [0.29, 0.717) is 16.9 Å². The van der Waals surface area contributed by atoms with Crippen molar-refractivity contribution >= 4 is 5.97 Å². The van der Waals surface area contributed by atoms with Crippen LogP contribution in [0.4, 0.5) is 0 Å². The number of carbonyl (C=O) groups is 1. The molecule has 0 radical (unpaired) electrons. The molecule has 184 valence electrons. The van der Waals surface area contributed by atoms with Crippen LogP contribution >= 0.6 is 0 Å². The fourth-order valence-corrected chi connectivity index (χ4v) is 4.95. The molecule has 2 aromatic rings. The second-order valence-corrected chi connectivity index (χ2v) is 9.21. The van der Waals surface area contributed by atoms with Gasteiger partial charge in [-0.25, -0.2) is 4.79 Å². The maximum absolute atomic E-state index is 13.0. The molecule has 0 bridgehead atoms. The van der Waals surface area contributed by atoms with E-state index in [9.17, 15) is 9.90 Å². The Bertz CT molecular complexity index is 1160. The lowest BCUT2D eigenvalue weighted by Gasteiger charge is -2.26. The average molecular weight is 479 g/mol. The Morgan fingerprint density at radius 1 is 1.09 bits per heavy atom. The summed E-state index contributed by atoms with van der Waals surface area (Å²) in [5, 5.41) is 11.7. The molecule has 0 spiro atoms. The summed E-state index contributed by atoms with van der Waals surface area (Å²) in [5.41, 5.74) is 2.92. The van der Waals surface area contributed by atoms with Gasteiger partial charge in [0.25, 0.3) is 5.79 Å². The highest BCUT2D eigenvalue weighted by molar-refractivity contribution is 5.97. The Morgan fingerprint density at radius 2 is 1.86 bits per heavy atom. The van der Waals surface area contributed by atoms with E-state index in [1.54, 1.807) is 37.5 Å². The zero-order chi connectivity index (χ0) is 24.4. The highest BCUT2D eigenvalue weighted by Gasteiger charge is 2.49. The fraction of sp³-hybridized carbons (Fsp3) is 0.393. The van der Waals surface area contributed by atoms with Crippen molar-refractivity contribution in [2.75, 3.05) is 13.7 Å². The van der Waals surface area contributed by atoms with E-state index >= 15 is 0 Å². The first-order chi connectivity index (χ1) is 17.0. The maximum Gasteiger partial charge on any atom is 0.345 e. The van der Waals surface area contributed by atoms with Gasteiger partial charge >= 0.3 is 5.97 Å². The summed E-state index contributed by atoms with van der Waals surface area (Å²) in [6.45, 7) is 2.23. The molecule has 1 fully saturated rings. The van der Waals surface area contributed by atoms with Crippen LogP contribution < -0.4 is 9.47 Å².